The largest absolute Gasteiger partial charge is 0.507 e. The number of hydrogen-bond acceptors (Lipinski definition) is 6. The van der Waals surface area contributed by atoms with Gasteiger partial charge in [-0.2, -0.15) is 0 Å². The molecule has 261 valence electrons. The summed E-state index contributed by atoms with van der Waals surface area (Å²) in [6.07, 6.45) is 2.56. The fraction of sp³-hybridized carbons (Fsp3) is 0.130. The maximum absolute atomic E-state index is 11.8. The summed E-state index contributed by atoms with van der Waals surface area (Å²) in [5.74, 6) is 0.207. The van der Waals surface area contributed by atoms with Gasteiger partial charge in [0.25, 0.3) is 0 Å². The first-order chi connectivity index (χ1) is 25.5. The average Bonchev–Trinajstić information content (AvgIpc) is 3.77. The molecule has 1 saturated heterocycles. The van der Waals surface area contributed by atoms with Gasteiger partial charge in [0.2, 0.25) is 0 Å². The molecular formula is C46H38LaO6. The van der Waals surface area contributed by atoms with E-state index in [4.69, 9.17) is 9.47 Å². The van der Waals surface area contributed by atoms with Gasteiger partial charge in [-0.25, -0.2) is 0 Å². The Bertz CT molecular complexity index is 2410. The van der Waals surface area contributed by atoms with Gasteiger partial charge in [-0.15, -0.1) is 0 Å². The molecule has 8 aromatic carbocycles. The number of phenols is 4. The minimum Gasteiger partial charge on any atom is -0.507 e. The molecule has 0 aromatic heterocycles. The fourth-order valence-electron chi connectivity index (χ4n) is 7.34. The molecule has 0 aliphatic carbocycles. The Kier molecular flexibility index (Phi) is 11.0. The molecule has 0 spiro atoms. The van der Waals surface area contributed by atoms with Gasteiger partial charge >= 0.3 is 0 Å². The van der Waals surface area contributed by atoms with E-state index in [0.29, 0.717) is 33.4 Å². The van der Waals surface area contributed by atoms with Gasteiger partial charge < -0.3 is 29.9 Å². The second-order valence-corrected chi connectivity index (χ2v) is 13.1. The van der Waals surface area contributed by atoms with Crippen molar-refractivity contribution in [2.45, 2.75) is 26.1 Å². The Balaban J connectivity index is 0.000000671. The van der Waals surface area contributed by atoms with Crippen molar-refractivity contribution in [1.82, 2.24) is 0 Å². The Morgan fingerprint density at radius 2 is 0.792 bits per heavy atom. The summed E-state index contributed by atoms with van der Waals surface area (Å²) in [6.45, 7) is 2.10. The molecule has 1 aliphatic heterocycles. The van der Waals surface area contributed by atoms with E-state index in [1.165, 1.54) is 12.8 Å². The van der Waals surface area contributed by atoms with Crippen molar-refractivity contribution in [2.75, 3.05) is 13.2 Å². The molecule has 9 rings (SSSR count). The summed E-state index contributed by atoms with van der Waals surface area (Å²) in [5, 5.41) is 52.7. The summed E-state index contributed by atoms with van der Waals surface area (Å²) < 4.78 is 11.2. The Morgan fingerprint density at radius 1 is 0.434 bits per heavy atom. The van der Waals surface area contributed by atoms with E-state index in [0.717, 1.165) is 56.3 Å². The normalized spacial score (nSPS) is 12.5. The number of phenolic OH excluding ortho intramolecular Hbond substituents is 4. The average molecular weight is 826 g/mol. The first-order valence-electron chi connectivity index (χ1n) is 17.5. The monoisotopic (exact) mass is 825 g/mol. The number of fused-ring (bicyclic) bond motifs is 4. The predicted octanol–water partition coefficient (Wildman–Crippen LogP) is 11.0. The third-order valence-corrected chi connectivity index (χ3v) is 9.86. The first kappa shape index (κ1) is 36.5. The van der Waals surface area contributed by atoms with E-state index >= 15 is 0 Å². The number of aromatic hydroxyl groups is 4. The van der Waals surface area contributed by atoms with Crippen molar-refractivity contribution in [1.29, 1.82) is 0 Å². The van der Waals surface area contributed by atoms with Crippen LogP contribution in [0.25, 0.3) is 65.3 Å². The topological polar surface area (TPSA) is 99.4 Å². The second-order valence-electron chi connectivity index (χ2n) is 13.1. The number of hydrogen-bond donors (Lipinski definition) is 4. The molecule has 1 fully saturated rings. The zero-order valence-corrected chi connectivity index (χ0v) is 32.8. The minimum absolute atomic E-state index is 0. The maximum atomic E-state index is 11.8. The van der Waals surface area contributed by atoms with E-state index in [-0.39, 0.29) is 71.8 Å². The molecule has 4 N–H and O–H groups in total. The van der Waals surface area contributed by atoms with Crippen molar-refractivity contribution in [3.63, 3.8) is 0 Å². The molecule has 0 unspecified atom stereocenters. The van der Waals surface area contributed by atoms with Crippen LogP contribution in [0.15, 0.2) is 133 Å². The molecule has 0 amide bonds. The summed E-state index contributed by atoms with van der Waals surface area (Å²) in [5.41, 5.74) is 3.31. The molecule has 6 nitrogen and oxygen atoms in total. The van der Waals surface area contributed by atoms with Gasteiger partial charge in [-0.3, -0.25) is 0 Å². The number of ether oxygens (including phenoxy) is 2. The van der Waals surface area contributed by atoms with Crippen molar-refractivity contribution in [2.24, 2.45) is 0 Å². The van der Waals surface area contributed by atoms with Crippen molar-refractivity contribution >= 4 is 43.1 Å². The van der Waals surface area contributed by atoms with Gasteiger partial charge in [-0.1, -0.05) is 109 Å². The Labute approximate surface area is 335 Å². The molecule has 53 heavy (non-hydrogen) atoms. The van der Waals surface area contributed by atoms with Gasteiger partial charge in [0, 0.05) is 82.2 Å². The van der Waals surface area contributed by atoms with E-state index in [1.54, 1.807) is 12.1 Å². The van der Waals surface area contributed by atoms with Crippen LogP contribution in [-0.2, 0) is 22.7 Å². The van der Waals surface area contributed by atoms with Crippen LogP contribution in [0.5, 0.6) is 23.0 Å². The molecule has 1 heterocycles. The maximum Gasteiger partial charge on any atom is 0.129 e. The third kappa shape index (κ3) is 7.11. The van der Waals surface area contributed by atoms with Crippen molar-refractivity contribution in [3.8, 4) is 45.3 Å². The van der Waals surface area contributed by atoms with Crippen LogP contribution in [0.3, 0.4) is 0 Å². The van der Waals surface area contributed by atoms with Crippen LogP contribution in [0.4, 0.5) is 0 Å². The van der Waals surface area contributed by atoms with E-state index in [1.807, 2.05) is 121 Å². The van der Waals surface area contributed by atoms with Gasteiger partial charge in [0.05, 0.1) is 13.2 Å². The standard InChI is InChI=1S/C42H30O5.C4H8O.La/c43-35-19-17-25-9-1-5-13-31(25)37(35)39-33-15-7-3-11-27(33)21-29(41(39)45)23-47-24-30-22-28-12-4-8-16-34(28)40(42(30)46)38-32-14-6-2-10-26(32)18-20-36(38)44;1-2-4-5-3-1;/h1-22,43-46H,23-24H2;1-4H2;. The SMILES string of the molecule is C1CCOC1.Oc1ccc2ccccc2c1-c1c(O)c(COCc2cc3ccccc3c(-c3c(O)ccc4ccccc34)c2O)cc2ccccc12.[La]. The van der Waals surface area contributed by atoms with Crippen molar-refractivity contribution < 1.29 is 65.5 Å². The summed E-state index contributed by atoms with van der Waals surface area (Å²) in [6, 6.07) is 41.9. The fourth-order valence-corrected chi connectivity index (χ4v) is 7.34. The van der Waals surface area contributed by atoms with Gasteiger partial charge in [0.15, 0.2) is 0 Å². The number of rotatable bonds is 6. The Morgan fingerprint density at radius 3 is 1.17 bits per heavy atom. The van der Waals surface area contributed by atoms with E-state index in [2.05, 4.69) is 0 Å². The number of benzene rings is 8. The minimum atomic E-state index is 0. The van der Waals surface area contributed by atoms with Crippen LogP contribution in [0.1, 0.15) is 24.0 Å². The quantitative estimate of drug-likeness (QED) is 0.133. The molecular weight excluding hydrogens is 787 g/mol. The smallest absolute Gasteiger partial charge is 0.129 e. The molecule has 0 saturated carbocycles. The second kappa shape index (κ2) is 16.0. The summed E-state index contributed by atoms with van der Waals surface area (Å²) >= 11 is 0. The summed E-state index contributed by atoms with van der Waals surface area (Å²) in [7, 11) is 0. The van der Waals surface area contributed by atoms with Gasteiger partial charge in [-0.05, 0) is 80.2 Å². The van der Waals surface area contributed by atoms with Crippen LogP contribution in [0.2, 0.25) is 0 Å². The zero-order valence-electron chi connectivity index (χ0n) is 29.1. The van der Waals surface area contributed by atoms with Crippen LogP contribution in [-0.4, -0.2) is 33.6 Å². The Hall–Kier alpha value is -4.89. The molecule has 0 atom stereocenters. The van der Waals surface area contributed by atoms with Gasteiger partial charge in [0.1, 0.15) is 23.0 Å². The molecule has 0 bridgehead atoms. The van der Waals surface area contributed by atoms with E-state index < -0.39 is 0 Å². The molecule has 1 radical (unpaired) electrons. The molecule has 8 aromatic rings. The molecule has 1 aliphatic rings. The zero-order chi connectivity index (χ0) is 35.6. The van der Waals surface area contributed by atoms with Crippen LogP contribution in [0, 0.1) is 35.6 Å². The summed E-state index contributed by atoms with van der Waals surface area (Å²) in [4.78, 5) is 0. The van der Waals surface area contributed by atoms with Crippen molar-refractivity contribution in [3.05, 3.63) is 145 Å². The predicted molar refractivity (Wildman–Crippen MR) is 209 cm³/mol. The third-order valence-electron chi connectivity index (χ3n) is 9.86. The molecule has 7 heteroatoms. The first-order valence-corrected chi connectivity index (χ1v) is 17.5. The van der Waals surface area contributed by atoms with Crippen LogP contribution >= 0.6 is 0 Å². The van der Waals surface area contributed by atoms with E-state index in [9.17, 15) is 20.4 Å². The van der Waals surface area contributed by atoms with Crippen LogP contribution < -0.4 is 0 Å².